The summed E-state index contributed by atoms with van der Waals surface area (Å²) in [4.78, 5) is 32.9. The lowest BCUT2D eigenvalue weighted by atomic mass is 10.2. The van der Waals surface area contributed by atoms with Crippen molar-refractivity contribution in [2.24, 2.45) is 5.10 Å². The molecule has 0 atom stereocenters. The number of hydrogen-bond acceptors (Lipinski definition) is 8. The van der Waals surface area contributed by atoms with E-state index in [1.54, 1.807) is 24.3 Å². The van der Waals surface area contributed by atoms with E-state index < -0.39 is 0 Å². The van der Waals surface area contributed by atoms with E-state index in [1.807, 2.05) is 38.1 Å². The molecule has 3 aromatic rings. The number of ether oxygens (including phenoxy) is 2. The minimum atomic E-state index is -0.303. The maximum Gasteiger partial charge on any atom is 0.262 e. The smallest absolute Gasteiger partial charge is 0.262 e. The quantitative estimate of drug-likeness (QED) is 0.167. The lowest BCUT2D eigenvalue weighted by molar-refractivity contribution is -0.119. The van der Waals surface area contributed by atoms with Gasteiger partial charge in [-0.15, -0.1) is 0 Å². The van der Waals surface area contributed by atoms with Crippen molar-refractivity contribution in [1.82, 2.24) is 15.4 Å². The lowest BCUT2D eigenvalue weighted by Gasteiger charge is -2.13. The molecule has 182 valence electrons. The van der Waals surface area contributed by atoms with Crippen LogP contribution in [0.2, 0.25) is 0 Å². The van der Waals surface area contributed by atoms with Gasteiger partial charge in [-0.3, -0.25) is 9.59 Å². The molecule has 0 saturated carbocycles. The number of hydrogen-bond donors (Lipinski definition) is 2. The monoisotopic (exact) mass is 557 g/mol. The number of aryl methyl sites for hydroxylation is 2. The molecule has 2 N–H and O–H groups in total. The van der Waals surface area contributed by atoms with Crippen LogP contribution in [0.1, 0.15) is 17.0 Å². The molecular weight excluding hydrogens is 534 g/mol. The molecule has 0 aliphatic heterocycles. The number of halogens is 1. The molecule has 1 aromatic heterocycles. The number of para-hydroxylation sites is 1. The molecule has 0 radical (unpaired) electrons. The first-order chi connectivity index (χ1) is 16.8. The Morgan fingerprint density at radius 2 is 1.80 bits per heavy atom. The number of carbonyl (C=O) groups is 2. The highest BCUT2D eigenvalue weighted by Crippen LogP contribution is 2.36. The van der Waals surface area contributed by atoms with E-state index in [9.17, 15) is 9.59 Å². The van der Waals surface area contributed by atoms with Gasteiger partial charge in [0.1, 0.15) is 0 Å². The molecule has 0 unspecified atom stereocenters. The molecule has 0 fully saturated rings. The van der Waals surface area contributed by atoms with Crippen molar-refractivity contribution in [1.29, 1.82) is 0 Å². The number of carbonyl (C=O) groups excluding carboxylic acids is 2. The zero-order valence-electron chi connectivity index (χ0n) is 19.4. The largest absolute Gasteiger partial charge is 0.493 e. The molecule has 2 aromatic carbocycles. The standard InChI is InChI=1S/C24H24BrN5O4S/c1-15-9-16(2)28-24(27-15)35-14-22(32)30-26-12-17-10-19(25)23(20(11-17)33-3)34-13-21(31)29-18-7-5-4-6-8-18/h4-12H,13-14H2,1-3H3,(H,29,31)(H,30,32)/b26-12-. The maximum atomic E-state index is 12.2. The predicted molar refractivity (Wildman–Crippen MR) is 139 cm³/mol. The van der Waals surface area contributed by atoms with Crippen molar-refractivity contribution in [2.45, 2.75) is 19.0 Å². The molecule has 1 heterocycles. The summed E-state index contributed by atoms with van der Waals surface area (Å²) in [6, 6.07) is 14.4. The number of amides is 2. The second-order valence-electron chi connectivity index (χ2n) is 7.25. The van der Waals surface area contributed by atoms with E-state index in [1.165, 1.54) is 25.1 Å². The van der Waals surface area contributed by atoms with Crippen LogP contribution < -0.4 is 20.2 Å². The Balaban J connectivity index is 1.54. The van der Waals surface area contributed by atoms with Crippen LogP contribution in [0.4, 0.5) is 5.69 Å². The SMILES string of the molecule is COc1cc(/C=N\NC(=O)CSc2nc(C)cc(C)n2)cc(Br)c1OCC(=O)Nc1ccccc1. The molecule has 0 aliphatic rings. The molecule has 0 bridgehead atoms. The summed E-state index contributed by atoms with van der Waals surface area (Å²) in [5.41, 5.74) is 5.51. The van der Waals surface area contributed by atoms with Gasteiger partial charge in [-0.25, -0.2) is 15.4 Å². The Morgan fingerprint density at radius 3 is 2.49 bits per heavy atom. The summed E-state index contributed by atoms with van der Waals surface area (Å²) >= 11 is 4.67. The van der Waals surface area contributed by atoms with Gasteiger partial charge in [0.2, 0.25) is 0 Å². The van der Waals surface area contributed by atoms with Crippen molar-refractivity contribution in [3.05, 3.63) is 70.0 Å². The molecule has 0 saturated heterocycles. The summed E-state index contributed by atoms with van der Waals surface area (Å²) in [5, 5.41) is 7.30. The first-order valence-electron chi connectivity index (χ1n) is 10.5. The number of thioether (sulfide) groups is 1. The number of anilines is 1. The minimum Gasteiger partial charge on any atom is -0.493 e. The van der Waals surface area contributed by atoms with Crippen LogP contribution in [0.5, 0.6) is 11.5 Å². The zero-order valence-corrected chi connectivity index (χ0v) is 21.8. The molecule has 0 spiro atoms. The third-order valence-electron chi connectivity index (χ3n) is 4.35. The molecular formula is C24H24BrN5O4S. The van der Waals surface area contributed by atoms with Crippen molar-refractivity contribution >= 4 is 51.4 Å². The van der Waals surface area contributed by atoms with Crippen LogP contribution >= 0.6 is 27.7 Å². The van der Waals surface area contributed by atoms with Gasteiger partial charge in [0.25, 0.3) is 11.8 Å². The Bertz CT molecular complexity index is 1200. The van der Waals surface area contributed by atoms with Gasteiger partial charge >= 0.3 is 0 Å². The summed E-state index contributed by atoms with van der Waals surface area (Å²) in [5.74, 6) is 0.321. The molecule has 35 heavy (non-hydrogen) atoms. The summed E-state index contributed by atoms with van der Waals surface area (Å²) in [6.45, 7) is 3.56. The fourth-order valence-electron chi connectivity index (χ4n) is 2.91. The fourth-order valence-corrected chi connectivity index (χ4v) is 4.23. The van der Waals surface area contributed by atoms with Gasteiger partial charge in [-0.1, -0.05) is 30.0 Å². The van der Waals surface area contributed by atoms with Crippen molar-refractivity contribution < 1.29 is 19.1 Å². The average molecular weight is 558 g/mol. The zero-order chi connectivity index (χ0) is 25.2. The number of benzene rings is 2. The van der Waals surface area contributed by atoms with Gasteiger partial charge in [-0.05, 0) is 65.7 Å². The van der Waals surface area contributed by atoms with E-state index in [4.69, 9.17) is 9.47 Å². The highest BCUT2D eigenvalue weighted by atomic mass is 79.9. The average Bonchev–Trinajstić information content (AvgIpc) is 2.82. The molecule has 9 nitrogen and oxygen atoms in total. The van der Waals surface area contributed by atoms with Crippen LogP contribution in [0.25, 0.3) is 0 Å². The first-order valence-corrected chi connectivity index (χ1v) is 12.2. The second-order valence-corrected chi connectivity index (χ2v) is 9.05. The minimum absolute atomic E-state index is 0.130. The lowest BCUT2D eigenvalue weighted by Crippen LogP contribution is -2.20. The molecule has 11 heteroatoms. The number of aromatic nitrogens is 2. The highest BCUT2D eigenvalue weighted by Gasteiger charge is 2.13. The number of nitrogens with one attached hydrogen (secondary N) is 2. The topological polar surface area (TPSA) is 115 Å². The van der Waals surface area contributed by atoms with Gasteiger partial charge in [0.15, 0.2) is 23.3 Å². The van der Waals surface area contributed by atoms with Crippen LogP contribution in [-0.2, 0) is 9.59 Å². The summed E-state index contributed by atoms with van der Waals surface area (Å²) < 4.78 is 11.6. The van der Waals surface area contributed by atoms with Crippen LogP contribution in [-0.4, -0.2) is 47.5 Å². The molecule has 0 aliphatic carbocycles. The predicted octanol–water partition coefficient (Wildman–Crippen LogP) is 4.12. The number of rotatable bonds is 10. The highest BCUT2D eigenvalue weighted by molar-refractivity contribution is 9.10. The van der Waals surface area contributed by atoms with Crippen molar-refractivity contribution in [2.75, 3.05) is 24.8 Å². The van der Waals surface area contributed by atoms with Gasteiger partial charge in [-0.2, -0.15) is 5.10 Å². The number of nitrogens with zero attached hydrogens (tertiary/aromatic N) is 3. The third-order valence-corrected chi connectivity index (χ3v) is 5.79. The first kappa shape index (κ1) is 26.2. The maximum absolute atomic E-state index is 12.2. The third kappa shape index (κ3) is 8.37. The van der Waals surface area contributed by atoms with Crippen LogP contribution in [0.3, 0.4) is 0 Å². The second kappa shape index (κ2) is 12.9. The van der Waals surface area contributed by atoms with Crippen LogP contribution in [0, 0.1) is 13.8 Å². The number of hydrazone groups is 1. The van der Waals surface area contributed by atoms with E-state index in [-0.39, 0.29) is 24.2 Å². The van der Waals surface area contributed by atoms with E-state index in [2.05, 4.69) is 41.7 Å². The Kier molecular flexibility index (Phi) is 9.62. The van der Waals surface area contributed by atoms with E-state index in [0.29, 0.717) is 32.4 Å². The fraction of sp³-hybridized carbons (Fsp3) is 0.208. The Morgan fingerprint density at radius 1 is 1.09 bits per heavy atom. The van der Waals surface area contributed by atoms with Gasteiger partial charge in [0, 0.05) is 17.1 Å². The van der Waals surface area contributed by atoms with Crippen LogP contribution in [0.15, 0.2) is 63.3 Å². The Labute approximate surface area is 215 Å². The summed E-state index contributed by atoms with van der Waals surface area (Å²) in [6.07, 6.45) is 1.48. The van der Waals surface area contributed by atoms with Gasteiger partial charge in [0.05, 0.1) is 23.5 Å². The van der Waals surface area contributed by atoms with Crippen molar-refractivity contribution in [3.63, 3.8) is 0 Å². The normalized spacial score (nSPS) is 10.7. The van der Waals surface area contributed by atoms with E-state index >= 15 is 0 Å². The van der Waals surface area contributed by atoms with Gasteiger partial charge < -0.3 is 14.8 Å². The van der Waals surface area contributed by atoms with E-state index in [0.717, 1.165) is 11.4 Å². The Hall–Kier alpha value is -3.44. The molecule has 3 rings (SSSR count). The number of methoxy groups -OCH3 is 1. The summed E-state index contributed by atoms with van der Waals surface area (Å²) in [7, 11) is 1.49. The van der Waals surface area contributed by atoms with Crippen molar-refractivity contribution in [3.8, 4) is 11.5 Å². The molecule has 2 amide bonds.